The number of methoxy groups -OCH3 is 1. The standard InChI is InChI=1S/C14H22BrN3O2/c1-4-18(8-10(2)14(16)17-19)9-11-7-12(15)5-6-13(11)20-3/h5-7,10,19H,4,8-9H2,1-3H3,(H2,16,17). The molecule has 1 rings (SSSR count). The van der Waals surface area contributed by atoms with Gasteiger partial charge in [0, 0.05) is 29.0 Å². The monoisotopic (exact) mass is 343 g/mol. The third-order valence-electron chi connectivity index (χ3n) is 3.24. The van der Waals surface area contributed by atoms with Gasteiger partial charge >= 0.3 is 0 Å². The van der Waals surface area contributed by atoms with Crippen molar-refractivity contribution in [2.24, 2.45) is 16.8 Å². The Hall–Kier alpha value is -1.27. The molecule has 0 aromatic heterocycles. The van der Waals surface area contributed by atoms with Crippen LogP contribution in [0.3, 0.4) is 0 Å². The molecule has 3 N–H and O–H groups in total. The van der Waals surface area contributed by atoms with Gasteiger partial charge in [-0.05, 0) is 24.7 Å². The second-order valence-corrected chi connectivity index (χ2v) is 5.63. The first-order valence-corrected chi connectivity index (χ1v) is 7.33. The van der Waals surface area contributed by atoms with Gasteiger partial charge in [-0.15, -0.1) is 0 Å². The third-order valence-corrected chi connectivity index (χ3v) is 3.73. The van der Waals surface area contributed by atoms with E-state index in [0.29, 0.717) is 0 Å². The smallest absolute Gasteiger partial charge is 0.143 e. The van der Waals surface area contributed by atoms with Crippen LogP contribution in [0.2, 0.25) is 0 Å². The maximum Gasteiger partial charge on any atom is 0.143 e. The lowest BCUT2D eigenvalue weighted by Gasteiger charge is -2.24. The molecule has 0 aliphatic rings. The lowest BCUT2D eigenvalue weighted by molar-refractivity contribution is 0.254. The second-order valence-electron chi connectivity index (χ2n) is 4.71. The van der Waals surface area contributed by atoms with Crippen LogP contribution >= 0.6 is 15.9 Å². The largest absolute Gasteiger partial charge is 0.496 e. The fourth-order valence-corrected chi connectivity index (χ4v) is 2.40. The number of rotatable bonds is 7. The number of oxime groups is 1. The Morgan fingerprint density at radius 1 is 1.55 bits per heavy atom. The molecular formula is C14H22BrN3O2. The van der Waals surface area contributed by atoms with Crippen LogP contribution < -0.4 is 10.5 Å². The number of halogens is 1. The van der Waals surface area contributed by atoms with Crippen LogP contribution in [0.5, 0.6) is 5.75 Å². The highest BCUT2D eigenvalue weighted by molar-refractivity contribution is 9.10. The molecule has 0 aliphatic carbocycles. The molecule has 0 fully saturated rings. The van der Waals surface area contributed by atoms with Crippen LogP contribution in [0.1, 0.15) is 19.4 Å². The number of amidine groups is 1. The Morgan fingerprint density at radius 3 is 2.80 bits per heavy atom. The van der Waals surface area contributed by atoms with Gasteiger partial charge in [0.25, 0.3) is 0 Å². The highest BCUT2D eigenvalue weighted by atomic mass is 79.9. The zero-order valence-corrected chi connectivity index (χ0v) is 13.7. The zero-order chi connectivity index (χ0) is 15.1. The molecule has 112 valence electrons. The summed E-state index contributed by atoms with van der Waals surface area (Å²) in [6, 6.07) is 5.95. The van der Waals surface area contributed by atoms with Crippen LogP contribution in [0, 0.1) is 5.92 Å². The van der Waals surface area contributed by atoms with E-state index >= 15 is 0 Å². The molecule has 1 aromatic carbocycles. The highest BCUT2D eigenvalue weighted by Crippen LogP contribution is 2.24. The van der Waals surface area contributed by atoms with E-state index in [-0.39, 0.29) is 11.8 Å². The van der Waals surface area contributed by atoms with Gasteiger partial charge in [-0.1, -0.05) is 34.9 Å². The number of benzene rings is 1. The zero-order valence-electron chi connectivity index (χ0n) is 12.1. The summed E-state index contributed by atoms with van der Waals surface area (Å²) in [6.45, 7) is 6.38. The van der Waals surface area contributed by atoms with Gasteiger partial charge in [-0.2, -0.15) is 0 Å². The Bertz CT molecular complexity index is 466. The van der Waals surface area contributed by atoms with Gasteiger partial charge in [-0.3, -0.25) is 4.90 Å². The molecule has 0 heterocycles. The lowest BCUT2D eigenvalue weighted by Crippen LogP contribution is -2.34. The van der Waals surface area contributed by atoms with Crippen molar-refractivity contribution in [1.82, 2.24) is 4.90 Å². The first-order chi connectivity index (χ1) is 9.51. The molecular weight excluding hydrogens is 322 g/mol. The van der Waals surface area contributed by atoms with Crippen molar-refractivity contribution >= 4 is 21.8 Å². The summed E-state index contributed by atoms with van der Waals surface area (Å²) in [5.41, 5.74) is 6.74. The van der Waals surface area contributed by atoms with Crippen molar-refractivity contribution in [3.8, 4) is 5.75 Å². The lowest BCUT2D eigenvalue weighted by atomic mass is 10.1. The topological polar surface area (TPSA) is 71.1 Å². The fraction of sp³-hybridized carbons (Fsp3) is 0.500. The van der Waals surface area contributed by atoms with E-state index < -0.39 is 0 Å². The number of nitrogens with two attached hydrogens (primary N) is 1. The maximum atomic E-state index is 8.72. The van der Waals surface area contributed by atoms with Gasteiger partial charge in [-0.25, -0.2) is 0 Å². The van der Waals surface area contributed by atoms with E-state index in [9.17, 15) is 0 Å². The number of ether oxygens (including phenoxy) is 1. The molecule has 1 aromatic rings. The van der Waals surface area contributed by atoms with Crippen molar-refractivity contribution in [3.63, 3.8) is 0 Å². The van der Waals surface area contributed by atoms with Gasteiger partial charge in [0.05, 0.1) is 7.11 Å². The summed E-state index contributed by atoms with van der Waals surface area (Å²) < 4.78 is 6.41. The molecule has 0 saturated heterocycles. The molecule has 6 heteroatoms. The molecule has 0 saturated carbocycles. The molecule has 1 unspecified atom stereocenters. The number of nitrogens with zero attached hydrogens (tertiary/aromatic N) is 2. The molecule has 1 atom stereocenters. The minimum atomic E-state index is -0.00176. The summed E-state index contributed by atoms with van der Waals surface area (Å²) in [6.07, 6.45) is 0. The summed E-state index contributed by atoms with van der Waals surface area (Å²) in [7, 11) is 1.67. The van der Waals surface area contributed by atoms with E-state index in [1.54, 1.807) is 7.11 Å². The summed E-state index contributed by atoms with van der Waals surface area (Å²) in [4.78, 5) is 2.23. The minimum Gasteiger partial charge on any atom is -0.496 e. The highest BCUT2D eigenvalue weighted by Gasteiger charge is 2.15. The van der Waals surface area contributed by atoms with Crippen LogP contribution in [0.4, 0.5) is 0 Å². The van der Waals surface area contributed by atoms with E-state index in [1.807, 2.05) is 19.1 Å². The van der Waals surface area contributed by atoms with Crippen molar-refractivity contribution in [2.45, 2.75) is 20.4 Å². The van der Waals surface area contributed by atoms with Crippen LogP contribution in [-0.2, 0) is 6.54 Å². The van der Waals surface area contributed by atoms with E-state index in [1.165, 1.54) is 0 Å². The minimum absolute atomic E-state index is 0.00176. The van der Waals surface area contributed by atoms with Gasteiger partial charge < -0.3 is 15.7 Å². The first kappa shape index (κ1) is 16.8. The quantitative estimate of drug-likeness (QED) is 0.345. The van der Waals surface area contributed by atoms with Gasteiger partial charge in [0.2, 0.25) is 0 Å². The Kier molecular flexibility index (Phi) is 6.81. The third kappa shape index (κ3) is 4.68. The molecule has 20 heavy (non-hydrogen) atoms. The molecule has 0 bridgehead atoms. The predicted octanol–water partition coefficient (Wildman–Crippen LogP) is 2.66. The fourth-order valence-electron chi connectivity index (χ4n) is 2.00. The van der Waals surface area contributed by atoms with E-state index in [4.69, 9.17) is 15.7 Å². The Balaban J connectivity index is 2.80. The van der Waals surface area contributed by atoms with Crippen LogP contribution in [0.15, 0.2) is 27.8 Å². The number of hydrogen-bond acceptors (Lipinski definition) is 4. The van der Waals surface area contributed by atoms with Crippen molar-refractivity contribution in [2.75, 3.05) is 20.2 Å². The maximum absolute atomic E-state index is 8.72. The van der Waals surface area contributed by atoms with Gasteiger partial charge in [0.15, 0.2) is 0 Å². The van der Waals surface area contributed by atoms with Crippen molar-refractivity contribution < 1.29 is 9.94 Å². The second kappa shape index (κ2) is 8.11. The molecule has 5 nitrogen and oxygen atoms in total. The van der Waals surface area contributed by atoms with Crippen molar-refractivity contribution in [1.29, 1.82) is 0 Å². The average molecular weight is 344 g/mol. The Morgan fingerprint density at radius 2 is 2.25 bits per heavy atom. The van der Waals surface area contributed by atoms with E-state index in [0.717, 1.165) is 35.4 Å². The van der Waals surface area contributed by atoms with Crippen LogP contribution in [0.25, 0.3) is 0 Å². The molecule has 0 amide bonds. The first-order valence-electron chi connectivity index (χ1n) is 6.54. The predicted molar refractivity (Wildman–Crippen MR) is 84.2 cm³/mol. The molecule has 0 radical (unpaired) electrons. The summed E-state index contributed by atoms with van der Waals surface area (Å²) in [5, 5.41) is 11.8. The number of hydrogen-bond donors (Lipinski definition) is 2. The average Bonchev–Trinajstić information content (AvgIpc) is 2.45. The SMILES string of the molecule is CCN(Cc1cc(Br)ccc1OC)CC(C)C(N)=NO. The molecule has 0 aliphatic heterocycles. The van der Waals surface area contributed by atoms with Gasteiger partial charge in [0.1, 0.15) is 11.6 Å². The van der Waals surface area contributed by atoms with Crippen LogP contribution in [-0.4, -0.2) is 36.1 Å². The van der Waals surface area contributed by atoms with Crippen molar-refractivity contribution in [3.05, 3.63) is 28.2 Å². The summed E-state index contributed by atoms with van der Waals surface area (Å²) in [5.74, 6) is 1.12. The summed E-state index contributed by atoms with van der Waals surface area (Å²) >= 11 is 3.48. The normalized spacial score (nSPS) is 13.6. The molecule has 0 spiro atoms. The Labute approximate surface area is 128 Å². The van der Waals surface area contributed by atoms with E-state index in [2.05, 4.69) is 39.0 Å².